The van der Waals surface area contributed by atoms with E-state index in [0.717, 1.165) is 0 Å². The van der Waals surface area contributed by atoms with E-state index in [9.17, 15) is 18.4 Å². The van der Waals surface area contributed by atoms with E-state index in [-0.39, 0.29) is 5.75 Å². The van der Waals surface area contributed by atoms with E-state index in [2.05, 4.69) is 15.4 Å². The summed E-state index contributed by atoms with van der Waals surface area (Å²) < 4.78 is 28.1. The molecule has 0 saturated carbocycles. The molecule has 0 fully saturated rings. The third-order valence-electron chi connectivity index (χ3n) is 2.52. The van der Waals surface area contributed by atoms with Crippen LogP contribution < -0.4 is 15.4 Å². The molecule has 8 heteroatoms. The Kier molecular flexibility index (Phi) is 6.38. The largest absolute Gasteiger partial charge is 0.480 e. The summed E-state index contributed by atoms with van der Waals surface area (Å²) in [6.07, 6.45) is 0.917. The number of halogens is 2. The van der Waals surface area contributed by atoms with E-state index in [1.807, 2.05) is 0 Å². The Labute approximate surface area is 120 Å². The molecule has 1 rings (SSSR count). The quantitative estimate of drug-likeness (QED) is 0.722. The predicted molar refractivity (Wildman–Crippen MR) is 71.6 cm³/mol. The van der Waals surface area contributed by atoms with Crippen LogP contribution in [-0.2, 0) is 4.79 Å². The van der Waals surface area contributed by atoms with Crippen molar-refractivity contribution in [2.24, 2.45) is 0 Å². The lowest BCUT2D eigenvalue weighted by atomic mass is 10.2. The highest BCUT2D eigenvalue weighted by molar-refractivity contribution is 5.92. The van der Waals surface area contributed by atoms with Gasteiger partial charge in [-0.2, -0.15) is 8.78 Å². The Morgan fingerprint density at radius 1 is 1.29 bits per heavy atom. The van der Waals surface area contributed by atoms with Crippen LogP contribution in [0.15, 0.2) is 24.3 Å². The summed E-state index contributed by atoms with van der Waals surface area (Å²) in [4.78, 5) is 22.5. The molecule has 1 atom stereocenters. The molecule has 0 aliphatic rings. The van der Waals surface area contributed by atoms with Crippen molar-refractivity contribution in [3.63, 3.8) is 0 Å². The number of rotatable bonds is 7. The number of amides is 2. The van der Waals surface area contributed by atoms with Crippen LogP contribution in [0.3, 0.4) is 0 Å². The molecule has 2 amide bonds. The van der Waals surface area contributed by atoms with Crippen LogP contribution in [-0.4, -0.2) is 29.8 Å². The molecule has 0 heterocycles. The number of alkyl halides is 2. The smallest absolute Gasteiger partial charge is 0.387 e. The Bertz CT molecular complexity index is 480. The number of carboxylic acids is 1. The van der Waals surface area contributed by atoms with Gasteiger partial charge in [0.2, 0.25) is 0 Å². The van der Waals surface area contributed by atoms with E-state index in [1.54, 1.807) is 6.92 Å². The maximum atomic E-state index is 12.0. The van der Waals surface area contributed by atoms with Crippen LogP contribution in [0.4, 0.5) is 19.3 Å². The third kappa shape index (κ3) is 6.07. The highest BCUT2D eigenvalue weighted by Crippen LogP contribution is 2.17. The monoisotopic (exact) mass is 302 g/mol. The first-order valence-electron chi connectivity index (χ1n) is 6.27. The van der Waals surface area contributed by atoms with Crippen molar-refractivity contribution in [3.05, 3.63) is 24.3 Å². The predicted octanol–water partition coefficient (Wildman–Crippen LogP) is 2.66. The molecule has 116 valence electrons. The molecular weight excluding hydrogens is 286 g/mol. The fourth-order valence-corrected chi connectivity index (χ4v) is 1.59. The number of benzene rings is 1. The van der Waals surface area contributed by atoms with Gasteiger partial charge < -0.3 is 20.5 Å². The highest BCUT2D eigenvalue weighted by atomic mass is 19.3. The van der Waals surface area contributed by atoms with E-state index >= 15 is 0 Å². The van der Waals surface area contributed by atoms with E-state index < -0.39 is 24.7 Å². The molecule has 0 radical (unpaired) electrons. The summed E-state index contributed by atoms with van der Waals surface area (Å²) in [7, 11) is 0. The lowest BCUT2D eigenvalue weighted by Crippen LogP contribution is -2.42. The van der Waals surface area contributed by atoms with Crippen molar-refractivity contribution in [2.75, 3.05) is 5.32 Å². The fourth-order valence-electron chi connectivity index (χ4n) is 1.59. The number of ether oxygens (including phenoxy) is 1. The van der Waals surface area contributed by atoms with Crippen LogP contribution in [0.5, 0.6) is 5.75 Å². The van der Waals surface area contributed by atoms with Crippen molar-refractivity contribution in [3.8, 4) is 5.75 Å². The van der Waals surface area contributed by atoms with Crippen LogP contribution in [0, 0.1) is 0 Å². The minimum atomic E-state index is -2.92. The number of hydrogen-bond donors (Lipinski definition) is 3. The van der Waals surface area contributed by atoms with Crippen LogP contribution in [0.2, 0.25) is 0 Å². The Morgan fingerprint density at radius 2 is 1.90 bits per heavy atom. The molecule has 0 aliphatic heterocycles. The molecule has 0 saturated heterocycles. The second kappa shape index (κ2) is 8.03. The number of carboxylic acid groups (broad SMARTS) is 1. The summed E-state index contributed by atoms with van der Waals surface area (Å²) in [5, 5.41) is 13.6. The first kappa shape index (κ1) is 16.7. The third-order valence-corrected chi connectivity index (χ3v) is 2.52. The van der Waals surface area contributed by atoms with Gasteiger partial charge in [0.15, 0.2) is 0 Å². The van der Waals surface area contributed by atoms with E-state index in [1.165, 1.54) is 24.3 Å². The SMILES string of the molecule is CCC[C@@H](NC(=O)Nc1ccc(OC(F)F)cc1)C(=O)O. The van der Waals surface area contributed by atoms with Gasteiger partial charge in [-0.1, -0.05) is 13.3 Å². The topological polar surface area (TPSA) is 87.7 Å². The van der Waals surface area contributed by atoms with Gasteiger partial charge in [-0.25, -0.2) is 9.59 Å². The summed E-state index contributed by atoms with van der Waals surface area (Å²) >= 11 is 0. The maximum Gasteiger partial charge on any atom is 0.387 e. The van der Waals surface area contributed by atoms with Crippen molar-refractivity contribution < 1.29 is 28.2 Å². The average molecular weight is 302 g/mol. The van der Waals surface area contributed by atoms with Gasteiger partial charge >= 0.3 is 18.6 Å². The standard InChI is InChI=1S/C13H16F2N2O4/c1-2-3-10(11(18)19)17-13(20)16-8-4-6-9(7-5-8)21-12(14)15/h4-7,10,12H,2-3H2,1H3,(H,18,19)(H2,16,17,20)/t10-/m1/s1. The van der Waals surface area contributed by atoms with Crippen LogP contribution in [0.1, 0.15) is 19.8 Å². The van der Waals surface area contributed by atoms with Gasteiger partial charge in [-0.15, -0.1) is 0 Å². The highest BCUT2D eigenvalue weighted by Gasteiger charge is 2.18. The van der Waals surface area contributed by atoms with E-state index in [4.69, 9.17) is 5.11 Å². The van der Waals surface area contributed by atoms with Crippen molar-refractivity contribution in [1.29, 1.82) is 0 Å². The van der Waals surface area contributed by atoms with Gasteiger partial charge in [0.05, 0.1) is 0 Å². The van der Waals surface area contributed by atoms with Crippen LogP contribution >= 0.6 is 0 Å². The number of urea groups is 1. The normalized spacial score (nSPS) is 11.8. The average Bonchev–Trinajstić information content (AvgIpc) is 2.40. The van der Waals surface area contributed by atoms with Crippen LogP contribution in [0.25, 0.3) is 0 Å². The first-order valence-corrected chi connectivity index (χ1v) is 6.27. The summed E-state index contributed by atoms with van der Waals surface area (Å²) in [6, 6.07) is 3.61. The molecule has 0 spiro atoms. The van der Waals surface area contributed by atoms with Gasteiger partial charge in [0, 0.05) is 5.69 Å². The summed E-state index contributed by atoms with van der Waals surface area (Å²) in [6.45, 7) is -1.12. The molecule has 0 aliphatic carbocycles. The number of nitrogens with one attached hydrogen (secondary N) is 2. The fraction of sp³-hybridized carbons (Fsp3) is 0.385. The second-order valence-electron chi connectivity index (χ2n) is 4.18. The van der Waals surface area contributed by atoms with Gasteiger partial charge in [0.1, 0.15) is 11.8 Å². The number of aliphatic carboxylic acids is 1. The number of hydrogen-bond acceptors (Lipinski definition) is 3. The second-order valence-corrected chi connectivity index (χ2v) is 4.18. The number of carbonyl (C=O) groups excluding carboxylic acids is 1. The molecule has 1 aromatic carbocycles. The van der Waals surface area contributed by atoms with Crippen molar-refractivity contribution in [2.45, 2.75) is 32.4 Å². The Morgan fingerprint density at radius 3 is 2.38 bits per heavy atom. The first-order chi connectivity index (χ1) is 9.92. The molecule has 0 unspecified atom stereocenters. The van der Waals surface area contributed by atoms with Gasteiger partial charge in [-0.3, -0.25) is 0 Å². The minimum absolute atomic E-state index is 0.0367. The lowest BCUT2D eigenvalue weighted by Gasteiger charge is -2.14. The van der Waals surface area contributed by atoms with Crippen molar-refractivity contribution in [1.82, 2.24) is 5.32 Å². The lowest BCUT2D eigenvalue weighted by molar-refractivity contribution is -0.139. The van der Waals surface area contributed by atoms with Gasteiger partial charge in [-0.05, 0) is 30.7 Å². The summed E-state index contributed by atoms with van der Waals surface area (Å²) in [5.74, 6) is -1.15. The zero-order valence-electron chi connectivity index (χ0n) is 11.3. The minimum Gasteiger partial charge on any atom is -0.480 e. The number of carbonyl (C=O) groups is 2. The summed E-state index contributed by atoms with van der Waals surface area (Å²) in [5.41, 5.74) is 0.328. The Hall–Kier alpha value is -2.38. The molecule has 3 N–H and O–H groups in total. The number of anilines is 1. The molecule has 6 nitrogen and oxygen atoms in total. The maximum absolute atomic E-state index is 12.0. The van der Waals surface area contributed by atoms with E-state index in [0.29, 0.717) is 18.5 Å². The zero-order valence-corrected chi connectivity index (χ0v) is 11.3. The molecule has 0 bridgehead atoms. The van der Waals surface area contributed by atoms with Crippen molar-refractivity contribution >= 4 is 17.7 Å². The molecule has 21 heavy (non-hydrogen) atoms. The molecule has 1 aromatic rings. The molecule has 0 aromatic heterocycles. The molecular formula is C13H16F2N2O4. The Balaban J connectivity index is 2.56. The zero-order chi connectivity index (χ0) is 15.8. The van der Waals surface area contributed by atoms with Gasteiger partial charge in [0.25, 0.3) is 0 Å².